The largest absolute Gasteiger partial charge is 0.399 e. The maximum Gasteiger partial charge on any atom is 0.280 e. The maximum atomic E-state index is 12.2. The highest BCUT2D eigenvalue weighted by Crippen LogP contribution is 2.21. The van der Waals surface area contributed by atoms with E-state index in [1.54, 1.807) is 22.8 Å². The molecule has 0 spiro atoms. The number of aryl methyl sites for hydroxylation is 2. The molecule has 2 aromatic rings. The van der Waals surface area contributed by atoms with Crippen LogP contribution in [0.4, 0.5) is 11.4 Å². The number of hydrogen-bond donors (Lipinski definition) is 2. The number of benzene rings is 1. The van der Waals surface area contributed by atoms with Gasteiger partial charge in [0.2, 0.25) is 0 Å². The fraction of sp³-hybridized carbons (Fsp3) is 0.250. The molecule has 0 saturated heterocycles. The second-order valence-electron chi connectivity index (χ2n) is 4.22. The molecule has 0 atom stereocenters. The van der Waals surface area contributed by atoms with Crippen LogP contribution in [0.15, 0.2) is 35.7 Å². The summed E-state index contributed by atoms with van der Waals surface area (Å²) in [7, 11) is -3.68. The zero-order chi connectivity index (χ0) is 14.0. The van der Waals surface area contributed by atoms with Gasteiger partial charge in [-0.25, -0.2) is 4.98 Å². The third kappa shape index (κ3) is 2.87. The van der Waals surface area contributed by atoms with Gasteiger partial charge in [0.1, 0.15) is 0 Å². The molecule has 1 heterocycles. The lowest BCUT2D eigenvalue weighted by Crippen LogP contribution is -2.14. The predicted molar refractivity (Wildman–Crippen MR) is 74.3 cm³/mol. The highest BCUT2D eigenvalue weighted by atomic mass is 32.2. The molecule has 3 N–H and O–H groups in total. The highest BCUT2D eigenvalue weighted by molar-refractivity contribution is 7.92. The standard InChI is InChI=1S/C12H16N4O2S/c1-3-16-7-12(14-8-16)19(17,18)15-11-6-10(13)5-4-9(11)2/h4-8,15H,3,13H2,1-2H3. The van der Waals surface area contributed by atoms with Crippen LogP contribution >= 0.6 is 0 Å². The molecule has 0 radical (unpaired) electrons. The molecular formula is C12H16N4O2S. The summed E-state index contributed by atoms with van der Waals surface area (Å²) in [6.45, 7) is 4.38. The molecule has 7 heteroatoms. The number of nitrogens with two attached hydrogens (primary N) is 1. The average molecular weight is 280 g/mol. The van der Waals surface area contributed by atoms with E-state index in [0.717, 1.165) is 5.56 Å². The van der Waals surface area contributed by atoms with E-state index in [2.05, 4.69) is 9.71 Å². The molecule has 0 bridgehead atoms. The van der Waals surface area contributed by atoms with Crippen molar-refractivity contribution in [3.63, 3.8) is 0 Å². The van der Waals surface area contributed by atoms with Gasteiger partial charge in [0.05, 0.1) is 12.0 Å². The number of imidazole rings is 1. The van der Waals surface area contributed by atoms with E-state index in [1.807, 2.05) is 13.8 Å². The number of nitrogens with one attached hydrogen (secondary N) is 1. The van der Waals surface area contributed by atoms with Crippen LogP contribution in [0.5, 0.6) is 0 Å². The molecule has 0 aliphatic carbocycles. The van der Waals surface area contributed by atoms with E-state index in [0.29, 0.717) is 17.9 Å². The van der Waals surface area contributed by atoms with Crippen molar-refractivity contribution in [2.75, 3.05) is 10.5 Å². The zero-order valence-electron chi connectivity index (χ0n) is 10.8. The van der Waals surface area contributed by atoms with Gasteiger partial charge in [0, 0.05) is 18.4 Å². The fourth-order valence-corrected chi connectivity index (χ4v) is 2.67. The number of aromatic nitrogens is 2. The molecule has 1 aromatic heterocycles. The third-order valence-corrected chi connectivity index (χ3v) is 4.01. The Kier molecular flexibility index (Phi) is 3.48. The number of rotatable bonds is 4. The quantitative estimate of drug-likeness (QED) is 0.832. The molecule has 0 fully saturated rings. The first-order valence-corrected chi connectivity index (χ1v) is 7.31. The monoisotopic (exact) mass is 280 g/mol. The number of anilines is 2. The van der Waals surface area contributed by atoms with Crippen molar-refractivity contribution in [3.05, 3.63) is 36.3 Å². The minimum atomic E-state index is -3.68. The van der Waals surface area contributed by atoms with Gasteiger partial charge in [0.25, 0.3) is 10.0 Å². The second kappa shape index (κ2) is 4.93. The summed E-state index contributed by atoms with van der Waals surface area (Å²) in [5, 5.41) is -0.00354. The summed E-state index contributed by atoms with van der Waals surface area (Å²) >= 11 is 0. The molecule has 1 aromatic carbocycles. The summed E-state index contributed by atoms with van der Waals surface area (Å²) in [5.74, 6) is 0. The fourth-order valence-electron chi connectivity index (χ4n) is 1.60. The second-order valence-corrected chi connectivity index (χ2v) is 5.85. The number of hydrogen-bond acceptors (Lipinski definition) is 4. The van der Waals surface area contributed by atoms with Crippen molar-refractivity contribution in [2.24, 2.45) is 0 Å². The number of nitrogen functional groups attached to an aromatic ring is 1. The van der Waals surface area contributed by atoms with Gasteiger partial charge in [0.15, 0.2) is 5.03 Å². The Morgan fingerprint density at radius 3 is 2.79 bits per heavy atom. The lowest BCUT2D eigenvalue weighted by atomic mass is 10.2. The van der Waals surface area contributed by atoms with E-state index in [1.165, 1.54) is 12.5 Å². The van der Waals surface area contributed by atoms with Gasteiger partial charge in [-0.05, 0) is 31.5 Å². The summed E-state index contributed by atoms with van der Waals surface area (Å²) in [4.78, 5) is 3.89. The molecule has 2 rings (SSSR count). The van der Waals surface area contributed by atoms with Crippen molar-refractivity contribution < 1.29 is 8.42 Å². The Hall–Kier alpha value is -2.02. The van der Waals surface area contributed by atoms with Crippen LogP contribution < -0.4 is 10.5 Å². The van der Waals surface area contributed by atoms with Crippen molar-refractivity contribution in [2.45, 2.75) is 25.4 Å². The van der Waals surface area contributed by atoms with E-state index in [4.69, 9.17) is 5.73 Å². The number of sulfonamides is 1. The van der Waals surface area contributed by atoms with E-state index in [9.17, 15) is 8.42 Å². The molecule has 19 heavy (non-hydrogen) atoms. The van der Waals surface area contributed by atoms with Gasteiger partial charge in [-0.3, -0.25) is 4.72 Å². The smallest absolute Gasteiger partial charge is 0.280 e. The molecule has 0 aliphatic rings. The first kappa shape index (κ1) is 13.4. The summed E-state index contributed by atoms with van der Waals surface area (Å²) in [6, 6.07) is 5.07. The third-order valence-electron chi connectivity index (χ3n) is 2.76. The van der Waals surface area contributed by atoms with Crippen LogP contribution in [-0.4, -0.2) is 18.0 Å². The highest BCUT2D eigenvalue weighted by Gasteiger charge is 2.18. The van der Waals surface area contributed by atoms with Gasteiger partial charge in [-0.15, -0.1) is 0 Å². The van der Waals surface area contributed by atoms with Crippen molar-refractivity contribution >= 4 is 21.4 Å². The summed E-state index contributed by atoms with van der Waals surface area (Å²) in [5.41, 5.74) is 7.42. The molecular weight excluding hydrogens is 264 g/mol. The van der Waals surface area contributed by atoms with Crippen LogP contribution in [0, 0.1) is 6.92 Å². The average Bonchev–Trinajstić information content (AvgIpc) is 2.83. The predicted octanol–water partition coefficient (Wildman–Crippen LogP) is 1.59. The van der Waals surface area contributed by atoms with Crippen LogP contribution in [-0.2, 0) is 16.6 Å². The summed E-state index contributed by atoms with van der Waals surface area (Å²) < 4.78 is 28.5. The van der Waals surface area contributed by atoms with Crippen molar-refractivity contribution in [1.82, 2.24) is 9.55 Å². The Bertz CT molecular complexity index is 692. The first-order chi connectivity index (χ1) is 8.92. The van der Waals surface area contributed by atoms with E-state index in [-0.39, 0.29) is 5.03 Å². The van der Waals surface area contributed by atoms with Gasteiger partial charge >= 0.3 is 0 Å². The van der Waals surface area contributed by atoms with Crippen LogP contribution in [0.25, 0.3) is 0 Å². The topological polar surface area (TPSA) is 90.0 Å². The molecule has 0 aliphatic heterocycles. The molecule has 102 valence electrons. The Morgan fingerprint density at radius 1 is 1.42 bits per heavy atom. The van der Waals surface area contributed by atoms with Gasteiger partial charge in [-0.1, -0.05) is 6.07 Å². The SMILES string of the molecule is CCn1cnc(S(=O)(=O)Nc2cc(N)ccc2C)c1. The van der Waals surface area contributed by atoms with Crippen LogP contribution in [0.1, 0.15) is 12.5 Å². The van der Waals surface area contributed by atoms with Crippen molar-refractivity contribution in [3.8, 4) is 0 Å². The zero-order valence-corrected chi connectivity index (χ0v) is 11.6. The lowest BCUT2D eigenvalue weighted by molar-refractivity contribution is 0.598. The van der Waals surface area contributed by atoms with Crippen LogP contribution in [0.2, 0.25) is 0 Å². The van der Waals surface area contributed by atoms with Crippen LogP contribution in [0.3, 0.4) is 0 Å². The van der Waals surface area contributed by atoms with Gasteiger partial charge < -0.3 is 10.3 Å². The van der Waals surface area contributed by atoms with Crippen molar-refractivity contribution in [1.29, 1.82) is 0 Å². The summed E-state index contributed by atoms with van der Waals surface area (Å²) in [6.07, 6.45) is 2.98. The maximum absolute atomic E-state index is 12.2. The Morgan fingerprint density at radius 2 is 2.16 bits per heavy atom. The minimum absolute atomic E-state index is 0.00354. The molecule has 0 amide bonds. The number of nitrogens with zero attached hydrogens (tertiary/aromatic N) is 2. The van der Waals surface area contributed by atoms with E-state index >= 15 is 0 Å². The minimum Gasteiger partial charge on any atom is -0.399 e. The molecule has 6 nitrogen and oxygen atoms in total. The Labute approximate surface area is 112 Å². The van der Waals surface area contributed by atoms with E-state index < -0.39 is 10.0 Å². The molecule has 0 unspecified atom stereocenters. The normalized spacial score (nSPS) is 11.5. The Balaban J connectivity index is 2.33. The lowest BCUT2D eigenvalue weighted by Gasteiger charge is -2.09. The van der Waals surface area contributed by atoms with Gasteiger partial charge in [-0.2, -0.15) is 8.42 Å². The molecule has 0 saturated carbocycles. The first-order valence-electron chi connectivity index (χ1n) is 5.83.